The summed E-state index contributed by atoms with van der Waals surface area (Å²) in [5.41, 5.74) is 0. The van der Waals surface area contributed by atoms with Crippen LogP contribution in [-0.4, -0.2) is 11.0 Å². The van der Waals surface area contributed by atoms with E-state index in [0.717, 1.165) is 36.5 Å². The number of nitrogens with zero attached hydrogens (tertiary/aromatic N) is 1. The van der Waals surface area contributed by atoms with E-state index in [0.29, 0.717) is 6.04 Å². The maximum absolute atomic E-state index is 5.60. The van der Waals surface area contributed by atoms with Gasteiger partial charge in [-0.3, -0.25) is 0 Å². The number of hydrogen-bond donors (Lipinski definition) is 1. The SMILES string of the molecule is CCc1cnc(CNC2CCC(C)C(C)C2)o1. The van der Waals surface area contributed by atoms with Gasteiger partial charge >= 0.3 is 0 Å². The van der Waals surface area contributed by atoms with Gasteiger partial charge in [0.15, 0.2) is 0 Å². The van der Waals surface area contributed by atoms with Gasteiger partial charge in [0.05, 0.1) is 12.7 Å². The Balaban J connectivity index is 1.78. The highest BCUT2D eigenvalue weighted by Crippen LogP contribution is 2.29. The highest BCUT2D eigenvalue weighted by molar-refractivity contribution is 4.93. The molecular formula is C14H24N2O. The zero-order chi connectivity index (χ0) is 12.3. The zero-order valence-corrected chi connectivity index (χ0v) is 11.2. The molecule has 1 aromatic heterocycles. The Morgan fingerprint density at radius 3 is 2.82 bits per heavy atom. The third-order valence-corrected chi connectivity index (χ3v) is 4.09. The van der Waals surface area contributed by atoms with Crippen LogP contribution in [0.4, 0.5) is 0 Å². The van der Waals surface area contributed by atoms with Gasteiger partial charge in [0.2, 0.25) is 5.89 Å². The monoisotopic (exact) mass is 236 g/mol. The summed E-state index contributed by atoms with van der Waals surface area (Å²) in [5.74, 6) is 3.51. The van der Waals surface area contributed by atoms with Gasteiger partial charge in [-0.1, -0.05) is 20.8 Å². The topological polar surface area (TPSA) is 38.1 Å². The average molecular weight is 236 g/mol. The van der Waals surface area contributed by atoms with Crippen LogP contribution in [0.2, 0.25) is 0 Å². The first-order chi connectivity index (χ1) is 8.19. The van der Waals surface area contributed by atoms with Crippen LogP contribution in [0.1, 0.15) is 51.7 Å². The summed E-state index contributed by atoms with van der Waals surface area (Å²) in [6, 6.07) is 0.637. The van der Waals surface area contributed by atoms with Gasteiger partial charge in [-0.05, 0) is 31.1 Å². The summed E-state index contributed by atoms with van der Waals surface area (Å²) in [7, 11) is 0. The smallest absolute Gasteiger partial charge is 0.208 e. The minimum Gasteiger partial charge on any atom is -0.444 e. The van der Waals surface area contributed by atoms with Crippen LogP contribution < -0.4 is 5.32 Å². The van der Waals surface area contributed by atoms with E-state index in [1.807, 2.05) is 6.20 Å². The molecule has 0 aromatic carbocycles. The fraction of sp³-hybridized carbons (Fsp3) is 0.786. The fourth-order valence-electron chi connectivity index (χ4n) is 2.56. The van der Waals surface area contributed by atoms with Crippen LogP contribution >= 0.6 is 0 Å². The van der Waals surface area contributed by atoms with Crippen LogP contribution in [0, 0.1) is 11.8 Å². The van der Waals surface area contributed by atoms with Crippen molar-refractivity contribution >= 4 is 0 Å². The van der Waals surface area contributed by atoms with Crippen molar-refractivity contribution in [2.75, 3.05) is 0 Å². The average Bonchev–Trinajstić information content (AvgIpc) is 2.79. The van der Waals surface area contributed by atoms with E-state index in [4.69, 9.17) is 4.42 Å². The number of oxazole rings is 1. The van der Waals surface area contributed by atoms with Crippen molar-refractivity contribution in [2.24, 2.45) is 11.8 Å². The molecule has 1 aliphatic carbocycles. The molecule has 1 heterocycles. The number of aromatic nitrogens is 1. The Hall–Kier alpha value is -0.830. The molecule has 3 unspecified atom stereocenters. The lowest BCUT2D eigenvalue weighted by Gasteiger charge is -2.32. The lowest BCUT2D eigenvalue weighted by atomic mass is 9.79. The quantitative estimate of drug-likeness (QED) is 0.872. The molecule has 1 aromatic rings. The van der Waals surface area contributed by atoms with Crippen molar-refractivity contribution in [3.63, 3.8) is 0 Å². The first-order valence-corrected chi connectivity index (χ1v) is 6.86. The summed E-state index contributed by atoms with van der Waals surface area (Å²) < 4.78 is 5.60. The normalized spacial score (nSPS) is 29.5. The predicted octanol–water partition coefficient (Wildman–Crippen LogP) is 3.15. The number of nitrogens with one attached hydrogen (secondary N) is 1. The molecule has 3 atom stereocenters. The van der Waals surface area contributed by atoms with Crippen LogP contribution in [-0.2, 0) is 13.0 Å². The second-order valence-electron chi connectivity index (χ2n) is 5.42. The molecule has 17 heavy (non-hydrogen) atoms. The minimum absolute atomic E-state index is 0.637. The maximum atomic E-state index is 5.60. The first kappa shape index (κ1) is 12.6. The third-order valence-electron chi connectivity index (χ3n) is 4.09. The van der Waals surface area contributed by atoms with Crippen molar-refractivity contribution in [3.8, 4) is 0 Å². The van der Waals surface area contributed by atoms with Gasteiger partial charge in [-0.25, -0.2) is 4.98 Å². The fourth-order valence-corrected chi connectivity index (χ4v) is 2.56. The molecule has 0 spiro atoms. The molecule has 0 aliphatic heterocycles. The van der Waals surface area contributed by atoms with Gasteiger partial charge in [0.25, 0.3) is 0 Å². The van der Waals surface area contributed by atoms with E-state index >= 15 is 0 Å². The van der Waals surface area contributed by atoms with Gasteiger partial charge < -0.3 is 9.73 Å². The molecule has 1 fully saturated rings. The minimum atomic E-state index is 0.637. The van der Waals surface area contributed by atoms with Gasteiger partial charge in [0.1, 0.15) is 5.76 Å². The molecule has 0 radical (unpaired) electrons. The Morgan fingerprint density at radius 1 is 1.35 bits per heavy atom. The molecule has 0 bridgehead atoms. The third kappa shape index (κ3) is 3.32. The summed E-state index contributed by atoms with van der Waals surface area (Å²) in [4.78, 5) is 4.28. The van der Waals surface area contributed by atoms with Crippen LogP contribution in [0.5, 0.6) is 0 Å². The second-order valence-corrected chi connectivity index (χ2v) is 5.42. The molecule has 3 heteroatoms. The van der Waals surface area contributed by atoms with E-state index in [-0.39, 0.29) is 0 Å². The molecule has 1 saturated carbocycles. The number of aryl methyl sites for hydroxylation is 1. The highest BCUT2D eigenvalue weighted by Gasteiger charge is 2.24. The van der Waals surface area contributed by atoms with Crippen LogP contribution in [0.3, 0.4) is 0 Å². The molecular weight excluding hydrogens is 212 g/mol. The molecule has 1 aliphatic rings. The largest absolute Gasteiger partial charge is 0.444 e. The Kier molecular flexibility index (Phi) is 4.21. The molecule has 3 nitrogen and oxygen atoms in total. The van der Waals surface area contributed by atoms with Gasteiger partial charge in [-0.2, -0.15) is 0 Å². The van der Waals surface area contributed by atoms with Crippen molar-refractivity contribution in [1.29, 1.82) is 0 Å². The molecule has 0 amide bonds. The van der Waals surface area contributed by atoms with Crippen molar-refractivity contribution < 1.29 is 4.42 Å². The van der Waals surface area contributed by atoms with Gasteiger partial charge in [0, 0.05) is 12.5 Å². The Bertz CT molecular complexity index is 348. The summed E-state index contributed by atoms with van der Waals surface area (Å²) >= 11 is 0. The highest BCUT2D eigenvalue weighted by atomic mass is 16.4. The first-order valence-electron chi connectivity index (χ1n) is 6.86. The number of rotatable bonds is 4. The summed E-state index contributed by atoms with van der Waals surface area (Å²) in [5, 5.41) is 3.57. The van der Waals surface area contributed by atoms with Crippen LogP contribution in [0.25, 0.3) is 0 Å². The Morgan fingerprint density at radius 2 is 2.18 bits per heavy atom. The Labute approximate surface area is 104 Å². The summed E-state index contributed by atoms with van der Waals surface area (Å²) in [6.45, 7) is 7.58. The second kappa shape index (κ2) is 5.67. The predicted molar refractivity (Wildman–Crippen MR) is 68.7 cm³/mol. The molecule has 1 N–H and O–H groups in total. The van der Waals surface area contributed by atoms with E-state index in [9.17, 15) is 0 Å². The van der Waals surface area contributed by atoms with Crippen molar-refractivity contribution in [2.45, 2.75) is 59.0 Å². The lowest BCUT2D eigenvalue weighted by Crippen LogP contribution is -2.35. The standard InChI is InChI=1S/C14H24N2O/c1-4-13-8-16-14(17-13)9-15-12-6-5-10(2)11(3)7-12/h8,10-12,15H,4-7,9H2,1-3H3. The van der Waals surface area contributed by atoms with Crippen molar-refractivity contribution in [3.05, 3.63) is 17.8 Å². The zero-order valence-electron chi connectivity index (χ0n) is 11.2. The van der Waals surface area contributed by atoms with E-state index in [1.54, 1.807) is 0 Å². The lowest BCUT2D eigenvalue weighted by molar-refractivity contribution is 0.222. The maximum Gasteiger partial charge on any atom is 0.208 e. The summed E-state index contributed by atoms with van der Waals surface area (Å²) in [6.07, 6.45) is 6.66. The van der Waals surface area contributed by atoms with E-state index in [1.165, 1.54) is 19.3 Å². The molecule has 2 rings (SSSR count). The molecule has 96 valence electrons. The van der Waals surface area contributed by atoms with E-state index < -0.39 is 0 Å². The molecule has 0 saturated heterocycles. The van der Waals surface area contributed by atoms with Crippen molar-refractivity contribution in [1.82, 2.24) is 10.3 Å². The number of hydrogen-bond acceptors (Lipinski definition) is 3. The van der Waals surface area contributed by atoms with Crippen LogP contribution in [0.15, 0.2) is 10.6 Å². The van der Waals surface area contributed by atoms with E-state index in [2.05, 4.69) is 31.1 Å². The van der Waals surface area contributed by atoms with Gasteiger partial charge in [-0.15, -0.1) is 0 Å².